The fourth-order valence-electron chi connectivity index (χ4n) is 2.05. The second kappa shape index (κ2) is 13.8. The number of carbonyl (C=O) groups excluding carboxylic acids is 1. The van der Waals surface area contributed by atoms with E-state index in [2.05, 4.69) is 19.2 Å². The van der Waals surface area contributed by atoms with Gasteiger partial charge < -0.3 is 0 Å². The van der Waals surface area contributed by atoms with Crippen LogP contribution < -0.4 is 10.6 Å². The Kier molecular flexibility index (Phi) is 16.1. The number of nitrogens with zero attached hydrogens (tertiary/aromatic N) is 1. The minimum atomic E-state index is -1.61. The Hall–Kier alpha value is 0.844. The standard InChI is InChI=1S/C9H20N3.C2H3O.CH3.2ClH.Ti/c1-4-10-6-2-8-12-9-3-7-11-5-1;1-2-3;;;;/h10-11H,1-9H2;1H3;1H3;2*1H;/q-1;;;;;+1. The van der Waals surface area contributed by atoms with Crippen molar-refractivity contribution in [2.75, 3.05) is 39.3 Å². The van der Waals surface area contributed by atoms with Gasteiger partial charge in [-0.2, -0.15) is 0 Å². The Balaban J connectivity index is 0. The van der Waals surface area contributed by atoms with E-state index in [9.17, 15) is 4.79 Å². The molecule has 0 unspecified atom stereocenters. The molecule has 4 nitrogen and oxygen atoms in total. The molecule has 115 valence electrons. The summed E-state index contributed by atoms with van der Waals surface area (Å²) in [6, 6.07) is 0. The molecular formula is C12H28Cl2N3OTi. The molecule has 0 atom stereocenters. The summed E-state index contributed by atoms with van der Waals surface area (Å²) in [5.41, 5.74) is 0. The molecule has 19 heavy (non-hydrogen) atoms. The van der Waals surface area contributed by atoms with Crippen molar-refractivity contribution in [3.8, 4) is 0 Å². The summed E-state index contributed by atoms with van der Waals surface area (Å²) in [7, 11) is 0. The van der Waals surface area contributed by atoms with Crippen LogP contribution in [0.5, 0.6) is 0 Å². The minimum absolute atomic E-state index is 0. The van der Waals surface area contributed by atoms with Crippen molar-refractivity contribution in [3.05, 3.63) is 0 Å². The van der Waals surface area contributed by atoms with Crippen LogP contribution in [0.4, 0.5) is 0 Å². The van der Waals surface area contributed by atoms with Crippen molar-refractivity contribution in [1.82, 2.24) is 14.0 Å². The van der Waals surface area contributed by atoms with Gasteiger partial charge >= 0.3 is 112 Å². The molecule has 0 aromatic carbocycles. The normalized spacial score (nSPS) is 19.1. The van der Waals surface area contributed by atoms with Crippen LogP contribution in [0.25, 0.3) is 0 Å². The van der Waals surface area contributed by atoms with Gasteiger partial charge in [0.2, 0.25) is 0 Å². The van der Waals surface area contributed by atoms with E-state index < -0.39 is 18.1 Å². The smallest absolute Gasteiger partial charge is 0.147 e. The van der Waals surface area contributed by atoms with Gasteiger partial charge in [-0.1, -0.05) is 0 Å². The predicted molar refractivity (Wildman–Crippen MR) is 82.2 cm³/mol. The zero-order valence-electron chi connectivity index (χ0n) is 12.0. The first-order valence-corrected chi connectivity index (χ1v) is 9.77. The molecule has 0 bridgehead atoms. The Labute approximate surface area is 136 Å². The molecule has 0 saturated carbocycles. The first-order chi connectivity index (χ1) is 8.22. The maximum absolute atomic E-state index is 11.5. The van der Waals surface area contributed by atoms with E-state index in [0.29, 0.717) is 4.09 Å². The largest absolute Gasteiger partial charge is 0.147 e. The third-order valence-corrected chi connectivity index (χ3v) is 7.03. The van der Waals surface area contributed by atoms with E-state index in [0.717, 1.165) is 39.3 Å². The monoisotopic (exact) mass is 348 g/mol. The molecule has 0 aromatic heterocycles. The van der Waals surface area contributed by atoms with Crippen molar-refractivity contribution < 1.29 is 22.9 Å². The summed E-state index contributed by atoms with van der Waals surface area (Å²) in [6.07, 6.45) is 3.56. The van der Waals surface area contributed by atoms with Crippen molar-refractivity contribution in [3.63, 3.8) is 0 Å². The summed E-state index contributed by atoms with van der Waals surface area (Å²) >= 11 is -1.61. The fraction of sp³-hybridized carbons (Fsp3) is 0.917. The van der Waals surface area contributed by atoms with Gasteiger partial charge in [0.25, 0.3) is 0 Å². The maximum atomic E-state index is 11.5. The second-order valence-electron chi connectivity index (χ2n) is 4.69. The summed E-state index contributed by atoms with van der Waals surface area (Å²) < 4.78 is 2.92. The van der Waals surface area contributed by atoms with Gasteiger partial charge in [0.1, 0.15) is 0 Å². The molecule has 0 spiro atoms. The van der Waals surface area contributed by atoms with E-state index >= 15 is 0 Å². The average molecular weight is 349 g/mol. The molecule has 1 heterocycles. The van der Waals surface area contributed by atoms with Crippen LogP contribution in [0.1, 0.15) is 26.2 Å². The second-order valence-corrected chi connectivity index (χ2v) is 8.60. The van der Waals surface area contributed by atoms with Crippen molar-refractivity contribution >= 4 is 28.9 Å². The topological polar surface area (TPSA) is 44.4 Å². The third-order valence-electron chi connectivity index (χ3n) is 3.25. The molecule has 1 saturated heterocycles. The molecule has 0 aliphatic carbocycles. The molecule has 2 N–H and O–H groups in total. The molecule has 0 radical (unpaired) electrons. The summed E-state index contributed by atoms with van der Waals surface area (Å²) in [4.78, 5) is 11.5. The third kappa shape index (κ3) is 10.2. The van der Waals surface area contributed by atoms with Crippen LogP contribution in [0.2, 0.25) is 5.23 Å². The zero-order chi connectivity index (χ0) is 12.5. The quantitative estimate of drug-likeness (QED) is 0.744. The predicted octanol–water partition coefficient (Wildman–Crippen LogP) is 1.62. The number of rotatable bonds is 2. The van der Waals surface area contributed by atoms with Gasteiger partial charge in [-0.3, -0.25) is 0 Å². The summed E-state index contributed by atoms with van der Waals surface area (Å²) in [5, 5.41) is 9.11. The van der Waals surface area contributed by atoms with E-state index in [-0.39, 0.29) is 24.8 Å². The van der Waals surface area contributed by atoms with Crippen LogP contribution in [0, 0.1) is 0 Å². The number of hydrogen-bond acceptors (Lipinski definition) is 4. The van der Waals surface area contributed by atoms with Crippen LogP contribution in [0.3, 0.4) is 0 Å². The maximum Gasteiger partial charge on any atom is -0.147 e. The molecule has 1 fully saturated rings. The van der Waals surface area contributed by atoms with Gasteiger partial charge in [0.15, 0.2) is 0 Å². The molecule has 0 amide bonds. The Bertz CT molecular complexity index is 223. The first-order valence-electron chi connectivity index (χ1n) is 6.72. The van der Waals surface area contributed by atoms with Gasteiger partial charge in [-0.05, 0) is 0 Å². The Morgan fingerprint density at radius 3 is 1.79 bits per heavy atom. The van der Waals surface area contributed by atoms with Gasteiger partial charge in [-0.15, -0.1) is 24.8 Å². The SMILES string of the molecule is C[C](=O)[Ti]([CH3])[N]1CCCNCCCNCCC1.Cl.Cl. The van der Waals surface area contributed by atoms with Crippen LogP contribution in [0.15, 0.2) is 0 Å². The molecule has 1 aliphatic heterocycles. The van der Waals surface area contributed by atoms with Crippen LogP contribution in [-0.2, 0) is 22.9 Å². The summed E-state index contributed by atoms with van der Waals surface area (Å²) in [5.74, 6) is 0. The molecule has 1 rings (SSSR count). The number of nitrogens with one attached hydrogen (secondary N) is 2. The van der Waals surface area contributed by atoms with Gasteiger partial charge in [0.05, 0.1) is 0 Å². The fourth-order valence-corrected chi connectivity index (χ4v) is 4.28. The Morgan fingerprint density at radius 2 is 1.37 bits per heavy atom. The average Bonchev–Trinajstić information content (AvgIpc) is 2.29. The molecule has 0 aromatic rings. The van der Waals surface area contributed by atoms with Crippen LogP contribution >= 0.6 is 24.8 Å². The van der Waals surface area contributed by atoms with E-state index in [1.165, 1.54) is 19.3 Å². The zero-order valence-corrected chi connectivity index (χ0v) is 15.2. The Morgan fingerprint density at radius 1 is 0.947 bits per heavy atom. The number of carbonyl (C=O) groups is 1. The van der Waals surface area contributed by atoms with Gasteiger partial charge in [-0.25, -0.2) is 0 Å². The van der Waals surface area contributed by atoms with Crippen molar-refractivity contribution in [2.45, 2.75) is 31.4 Å². The summed E-state index contributed by atoms with van der Waals surface area (Å²) in [6.45, 7) is 8.34. The van der Waals surface area contributed by atoms with E-state index in [4.69, 9.17) is 0 Å². The van der Waals surface area contributed by atoms with E-state index in [1.54, 1.807) is 6.92 Å². The van der Waals surface area contributed by atoms with Gasteiger partial charge in [0, 0.05) is 0 Å². The number of halogens is 2. The minimum Gasteiger partial charge on any atom is -0.147 e. The van der Waals surface area contributed by atoms with E-state index in [1.807, 2.05) is 0 Å². The first kappa shape index (κ1) is 22.1. The van der Waals surface area contributed by atoms with Crippen molar-refractivity contribution in [1.29, 1.82) is 0 Å². The molecule has 7 heteroatoms. The molecular weight excluding hydrogens is 321 g/mol. The molecule has 1 aliphatic rings. The van der Waals surface area contributed by atoms with Crippen LogP contribution in [-0.4, -0.2) is 46.7 Å². The van der Waals surface area contributed by atoms with Crippen molar-refractivity contribution in [2.24, 2.45) is 0 Å². The number of hydrogen-bond donors (Lipinski definition) is 2.